The number of hydrogen-bond acceptors (Lipinski definition) is 5. The molecule has 4 rings (SSSR count). The van der Waals surface area contributed by atoms with Gasteiger partial charge < -0.3 is 15.4 Å². The molecule has 2 aromatic carbocycles. The Labute approximate surface area is 195 Å². The van der Waals surface area contributed by atoms with Crippen LogP contribution in [0.2, 0.25) is 10.0 Å². The highest BCUT2D eigenvalue weighted by Crippen LogP contribution is 2.37. The van der Waals surface area contributed by atoms with Crippen LogP contribution >= 0.6 is 23.2 Å². The molecule has 0 saturated carbocycles. The van der Waals surface area contributed by atoms with Crippen molar-refractivity contribution in [1.82, 2.24) is 4.31 Å². The predicted octanol–water partition coefficient (Wildman–Crippen LogP) is 3.67. The number of carbonyl (C=O) groups excluding carboxylic acids is 2. The van der Waals surface area contributed by atoms with Gasteiger partial charge in [-0.25, -0.2) is 8.42 Å². The fourth-order valence-electron chi connectivity index (χ4n) is 3.71. The Morgan fingerprint density at radius 3 is 2.75 bits per heavy atom. The molecule has 2 aromatic rings. The van der Waals surface area contributed by atoms with Crippen LogP contribution in [0.4, 0.5) is 11.4 Å². The Bertz CT molecular complexity index is 1200. The van der Waals surface area contributed by atoms with Crippen molar-refractivity contribution in [3.63, 3.8) is 0 Å². The minimum Gasteiger partial charge on any atom is -0.482 e. The van der Waals surface area contributed by atoms with Crippen molar-refractivity contribution in [2.75, 3.05) is 30.3 Å². The van der Waals surface area contributed by atoms with Crippen LogP contribution in [0.25, 0.3) is 0 Å². The molecule has 0 aromatic heterocycles. The number of sulfonamides is 1. The molecule has 0 bridgehead atoms. The van der Waals surface area contributed by atoms with Crippen LogP contribution in [0.5, 0.6) is 5.75 Å². The van der Waals surface area contributed by atoms with Gasteiger partial charge in [0.15, 0.2) is 6.61 Å². The molecule has 2 N–H and O–H groups in total. The SMILES string of the molecule is Cc1ccc(NC(=O)C2CCCN(S(=O)(=O)c3cc4c(cc3Cl)NC(=O)CO4)C2)cc1Cl. The molecule has 0 aliphatic carbocycles. The lowest BCUT2D eigenvalue weighted by Gasteiger charge is -2.31. The van der Waals surface area contributed by atoms with Gasteiger partial charge in [0.05, 0.1) is 16.6 Å². The second-order valence-corrected chi connectivity index (χ2v) is 10.5. The van der Waals surface area contributed by atoms with Gasteiger partial charge in [0.1, 0.15) is 10.6 Å². The van der Waals surface area contributed by atoms with Crippen LogP contribution in [-0.4, -0.2) is 44.2 Å². The Morgan fingerprint density at radius 1 is 1.22 bits per heavy atom. The maximum atomic E-state index is 13.3. The summed E-state index contributed by atoms with van der Waals surface area (Å²) in [6.07, 6.45) is 1.09. The Morgan fingerprint density at radius 2 is 2.00 bits per heavy atom. The maximum absolute atomic E-state index is 13.3. The van der Waals surface area contributed by atoms with Gasteiger partial charge in [-0.05, 0) is 43.5 Å². The van der Waals surface area contributed by atoms with Crippen LogP contribution in [0.3, 0.4) is 0 Å². The van der Waals surface area contributed by atoms with E-state index in [9.17, 15) is 18.0 Å². The molecule has 0 radical (unpaired) electrons. The number of piperidine rings is 1. The fraction of sp³-hybridized carbons (Fsp3) is 0.333. The average molecular weight is 498 g/mol. The van der Waals surface area contributed by atoms with Crippen molar-refractivity contribution in [1.29, 1.82) is 0 Å². The Kier molecular flexibility index (Phi) is 6.35. The lowest BCUT2D eigenvalue weighted by molar-refractivity contribution is -0.121. The molecular weight excluding hydrogens is 477 g/mol. The van der Waals surface area contributed by atoms with Crippen molar-refractivity contribution in [3.8, 4) is 5.75 Å². The number of halogens is 2. The number of amides is 2. The highest BCUT2D eigenvalue weighted by Gasteiger charge is 2.35. The molecule has 2 aliphatic rings. The molecule has 1 unspecified atom stereocenters. The van der Waals surface area contributed by atoms with Crippen molar-refractivity contribution in [3.05, 3.63) is 45.9 Å². The van der Waals surface area contributed by atoms with Crippen LogP contribution < -0.4 is 15.4 Å². The number of rotatable bonds is 4. The van der Waals surface area contributed by atoms with E-state index in [1.165, 1.54) is 16.4 Å². The third kappa shape index (κ3) is 4.56. The number of nitrogens with one attached hydrogen (secondary N) is 2. The third-order valence-electron chi connectivity index (χ3n) is 5.48. The van der Waals surface area contributed by atoms with Crippen LogP contribution in [0.15, 0.2) is 35.2 Å². The molecule has 1 fully saturated rings. The summed E-state index contributed by atoms with van der Waals surface area (Å²) in [5, 5.41) is 5.92. The van der Waals surface area contributed by atoms with E-state index in [4.69, 9.17) is 27.9 Å². The quantitative estimate of drug-likeness (QED) is 0.670. The molecule has 1 saturated heterocycles. The average Bonchev–Trinajstić information content (AvgIpc) is 2.75. The van der Waals surface area contributed by atoms with Crippen molar-refractivity contribution < 1.29 is 22.7 Å². The van der Waals surface area contributed by atoms with Gasteiger partial charge in [-0.2, -0.15) is 4.31 Å². The second-order valence-electron chi connectivity index (χ2n) is 7.77. The van der Waals surface area contributed by atoms with Crippen molar-refractivity contribution >= 4 is 56.4 Å². The van der Waals surface area contributed by atoms with Gasteiger partial charge in [0, 0.05) is 29.9 Å². The first kappa shape index (κ1) is 22.8. The molecule has 32 heavy (non-hydrogen) atoms. The summed E-state index contributed by atoms with van der Waals surface area (Å²) in [4.78, 5) is 24.2. The van der Waals surface area contributed by atoms with E-state index in [1.807, 2.05) is 6.92 Å². The van der Waals surface area contributed by atoms with E-state index in [0.717, 1.165) is 5.56 Å². The number of fused-ring (bicyclic) bond motifs is 1. The summed E-state index contributed by atoms with van der Waals surface area (Å²) in [6.45, 7) is 1.96. The van der Waals surface area contributed by atoms with Gasteiger partial charge in [-0.1, -0.05) is 29.3 Å². The fourth-order valence-corrected chi connectivity index (χ4v) is 5.93. The number of carbonyl (C=O) groups is 2. The topological polar surface area (TPSA) is 105 Å². The molecule has 2 aliphatic heterocycles. The molecule has 1 atom stereocenters. The highest BCUT2D eigenvalue weighted by atomic mass is 35.5. The molecule has 0 spiro atoms. The molecule has 170 valence electrons. The zero-order valence-electron chi connectivity index (χ0n) is 17.2. The van der Waals surface area contributed by atoms with Crippen LogP contribution in [0, 0.1) is 12.8 Å². The van der Waals surface area contributed by atoms with Crippen LogP contribution in [-0.2, 0) is 19.6 Å². The van der Waals surface area contributed by atoms with E-state index in [0.29, 0.717) is 29.2 Å². The number of nitrogens with zero attached hydrogens (tertiary/aromatic N) is 1. The summed E-state index contributed by atoms with van der Waals surface area (Å²) >= 11 is 12.4. The predicted molar refractivity (Wildman–Crippen MR) is 122 cm³/mol. The molecule has 11 heteroatoms. The number of anilines is 2. The van der Waals surface area contributed by atoms with Gasteiger partial charge in [-0.3, -0.25) is 9.59 Å². The summed E-state index contributed by atoms with van der Waals surface area (Å²) in [7, 11) is -3.98. The van der Waals surface area contributed by atoms with E-state index < -0.39 is 15.9 Å². The van der Waals surface area contributed by atoms with E-state index >= 15 is 0 Å². The zero-order valence-corrected chi connectivity index (χ0v) is 19.5. The van der Waals surface area contributed by atoms with E-state index in [-0.39, 0.29) is 47.2 Å². The number of benzene rings is 2. The first-order chi connectivity index (χ1) is 15.1. The number of ether oxygens (including phenoxy) is 1. The largest absolute Gasteiger partial charge is 0.482 e. The molecule has 2 heterocycles. The Hall–Kier alpha value is -2.33. The third-order valence-corrected chi connectivity index (χ3v) is 8.22. The smallest absolute Gasteiger partial charge is 0.262 e. The first-order valence-electron chi connectivity index (χ1n) is 9.98. The highest BCUT2D eigenvalue weighted by molar-refractivity contribution is 7.89. The standard InChI is InChI=1S/C21H21Cl2N3O5S/c1-12-4-5-14(7-15(12)22)24-21(28)13-3-2-6-26(10-13)32(29,30)19-9-18-17(8-16(19)23)25-20(27)11-31-18/h4-5,7-9,13H,2-3,6,10-11H2,1H3,(H,24,28)(H,25,27). The zero-order chi connectivity index (χ0) is 23.0. The van der Waals surface area contributed by atoms with Crippen molar-refractivity contribution in [2.24, 2.45) is 5.92 Å². The van der Waals surface area contributed by atoms with E-state index in [2.05, 4.69) is 10.6 Å². The monoisotopic (exact) mass is 497 g/mol. The van der Waals surface area contributed by atoms with Gasteiger partial charge in [-0.15, -0.1) is 0 Å². The summed E-state index contributed by atoms with van der Waals surface area (Å²) in [6, 6.07) is 7.89. The molecular formula is C21H21Cl2N3O5S. The molecule has 8 nitrogen and oxygen atoms in total. The summed E-state index contributed by atoms with van der Waals surface area (Å²) < 4.78 is 33.2. The number of hydrogen-bond donors (Lipinski definition) is 2. The second kappa shape index (κ2) is 8.90. The van der Waals surface area contributed by atoms with E-state index in [1.54, 1.807) is 18.2 Å². The first-order valence-corrected chi connectivity index (χ1v) is 12.2. The lowest BCUT2D eigenvalue weighted by atomic mass is 9.98. The van der Waals surface area contributed by atoms with Gasteiger partial charge in [0.2, 0.25) is 15.9 Å². The minimum atomic E-state index is -3.98. The van der Waals surface area contributed by atoms with Crippen LogP contribution in [0.1, 0.15) is 18.4 Å². The maximum Gasteiger partial charge on any atom is 0.262 e. The van der Waals surface area contributed by atoms with Crippen molar-refractivity contribution in [2.45, 2.75) is 24.7 Å². The normalized spacial score (nSPS) is 19.0. The van der Waals surface area contributed by atoms with Gasteiger partial charge in [0.25, 0.3) is 5.91 Å². The lowest BCUT2D eigenvalue weighted by Crippen LogP contribution is -2.43. The number of aryl methyl sites for hydroxylation is 1. The summed E-state index contributed by atoms with van der Waals surface area (Å²) in [5.74, 6) is -0.906. The summed E-state index contributed by atoms with van der Waals surface area (Å²) in [5.41, 5.74) is 1.77. The van der Waals surface area contributed by atoms with Gasteiger partial charge >= 0.3 is 0 Å². The minimum absolute atomic E-state index is 0.0266. The Balaban J connectivity index is 1.53. The molecule has 2 amide bonds.